The van der Waals surface area contributed by atoms with Crippen LogP contribution in [-0.2, 0) is 0 Å². The van der Waals surface area contributed by atoms with E-state index >= 15 is 0 Å². The predicted molar refractivity (Wildman–Crippen MR) is 78.1 cm³/mol. The fraction of sp³-hybridized carbons (Fsp3) is 0.600. The van der Waals surface area contributed by atoms with Gasteiger partial charge in [0.05, 0.1) is 0 Å². The van der Waals surface area contributed by atoms with Crippen molar-refractivity contribution in [1.29, 1.82) is 0 Å². The lowest BCUT2D eigenvalue weighted by atomic mass is 9.87. The van der Waals surface area contributed by atoms with Gasteiger partial charge >= 0.3 is 0 Å². The van der Waals surface area contributed by atoms with Crippen LogP contribution >= 0.6 is 12.4 Å². The molecule has 2 nitrogen and oxygen atoms in total. The first-order valence-corrected chi connectivity index (χ1v) is 7.05. The molecule has 1 aromatic carbocycles. The first-order chi connectivity index (χ1) is 9.15. The fourth-order valence-corrected chi connectivity index (χ4v) is 3.40. The molecule has 112 valence electrons. The van der Waals surface area contributed by atoms with E-state index in [1.54, 1.807) is 6.07 Å². The van der Waals surface area contributed by atoms with Gasteiger partial charge in [-0.25, -0.2) is 8.78 Å². The van der Waals surface area contributed by atoms with Crippen molar-refractivity contribution in [3.63, 3.8) is 0 Å². The molecule has 0 aromatic heterocycles. The van der Waals surface area contributed by atoms with Gasteiger partial charge in [-0.3, -0.25) is 4.90 Å². The highest BCUT2D eigenvalue weighted by molar-refractivity contribution is 5.85. The molecule has 5 heteroatoms. The zero-order valence-corrected chi connectivity index (χ0v) is 12.4. The molecular weight excluding hydrogens is 282 g/mol. The normalized spacial score (nSPS) is 27.8. The minimum Gasteiger partial charge on any atom is -0.316 e. The Morgan fingerprint density at radius 2 is 1.95 bits per heavy atom. The highest BCUT2D eigenvalue weighted by Gasteiger charge is 2.34. The maximum Gasteiger partial charge on any atom is 0.159 e. The fourth-order valence-electron chi connectivity index (χ4n) is 3.40. The average Bonchev–Trinajstić information content (AvgIpc) is 2.88. The van der Waals surface area contributed by atoms with Gasteiger partial charge in [-0.2, -0.15) is 0 Å². The lowest BCUT2D eigenvalue weighted by Crippen LogP contribution is -2.41. The lowest BCUT2D eigenvalue weighted by Gasteiger charge is -2.38. The van der Waals surface area contributed by atoms with Gasteiger partial charge < -0.3 is 5.32 Å². The number of hydrogen-bond acceptors (Lipinski definition) is 2. The van der Waals surface area contributed by atoms with E-state index in [4.69, 9.17) is 0 Å². The number of halogens is 3. The van der Waals surface area contributed by atoms with Gasteiger partial charge in [0.2, 0.25) is 0 Å². The second-order valence-electron chi connectivity index (χ2n) is 5.81. The van der Waals surface area contributed by atoms with E-state index in [0.717, 1.165) is 37.7 Å². The van der Waals surface area contributed by atoms with Crippen LogP contribution in [0.15, 0.2) is 18.2 Å². The van der Waals surface area contributed by atoms with Crippen LogP contribution in [0.4, 0.5) is 8.78 Å². The van der Waals surface area contributed by atoms with E-state index in [1.165, 1.54) is 18.6 Å². The smallest absolute Gasteiger partial charge is 0.159 e. The number of rotatable bonds is 2. The zero-order chi connectivity index (χ0) is 13.4. The van der Waals surface area contributed by atoms with E-state index in [1.807, 2.05) is 0 Å². The van der Waals surface area contributed by atoms with E-state index in [9.17, 15) is 8.78 Å². The van der Waals surface area contributed by atoms with Crippen molar-refractivity contribution in [1.82, 2.24) is 10.2 Å². The summed E-state index contributed by atoms with van der Waals surface area (Å²) >= 11 is 0. The Kier molecular flexibility index (Phi) is 4.99. The predicted octanol–water partition coefficient (Wildman–Crippen LogP) is 2.99. The molecule has 0 aliphatic carbocycles. The summed E-state index contributed by atoms with van der Waals surface area (Å²) in [5, 5.41) is 3.44. The van der Waals surface area contributed by atoms with Crippen LogP contribution in [0.3, 0.4) is 0 Å². The van der Waals surface area contributed by atoms with Crippen LogP contribution in [0.5, 0.6) is 0 Å². The molecule has 0 amide bonds. The molecule has 1 aromatic rings. The molecule has 0 saturated carbocycles. The summed E-state index contributed by atoms with van der Waals surface area (Å²) in [6, 6.07) is 4.41. The molecule has 2 aliphatic heterocycles. The summed E-state index contributed by atoms with van der Waals surface area (Å²) in [6.45, 7) is 6.40. The number of nitrogens with one attached hydrogen (secondary N) is 1. The maximum absolute atomic E-state index is 13.3. The molecule has 20 heavy (non-hydrogen) atoms. The molecule has 2 saturated heterocycles. The molecule has 2 heterocycles. The van der Waals surface area contributed by atoms with E-state index in [0.29, 0.717) is 5.92 Å². The zero-order valence-electron chi connectivity index (χ0n) is 11.6. The van der Waals surface area contributed by atoms with Gasteiger partial charge in [0.1, 0.15) is 0 Å². The maximum atomic E-state index is 13.3. The summed E-state index contributed by atoms with van der Waals surface area (Å²) in [7, 11) is 0. The molecule has 0 spiro atoms. The van der Waals surface area contributed by atoms with Gasteiger partial charge in [0, 0.05) is 12.6 Å². The quantitative estimate of drug-likeness (QED) is 0.903. The monoisotopic (exact) mass is 302 g/mol. The molecule has 3 rings (SSSR count). The third-order valence-corrected chi connectivity index (χ3v) is 4.71. The van der Waals surface area contributed by atoms with Crippen molar-refractivity contribution in [3.05, 3.63) is 35.4 Å². The van der Waals surface area contributed by atoms with E-state index < -0.39 is 11.6 Å². The average molecular weight is 303 g/mol. The van der Waals surface area contributed by atoms with Crippen LogP contribution in [0.25, 0.3) is 0 Å². The Morgan fingerprint density at radius 3 is 2.70 bits per heavy atom. The first-order valence-electron chi connectivity index (χ1n) is 7.05. The third-order valence-electron chi connectivity index (χ3n) is 4.71. The Bertz CT molecular complexity index is 469. The molecule has 1 N–H and O–H groups in total. The van der Waals surface area contributed by atoms with Gasteiger partial charge in [0.25, 0.3) is 0 Å². The molecule has 2 aliphatic rings. The van der Waals surface area contributed by atoms with Crippen molar-refractivity contribution in [3.8, 4) is 0 Å². The largest absolute Gasteiger partial charge is 0.316 e. The van der Waals surface area contributed by atoms with Crippen molar-refractivity contribution in [2.75, 3.05) is 26.2 Å². The topological polar surface area (TPSA) is 15.3 Å². The summed E-state index contributed by atoms with van der Waals surface area (Å²) in [5.74, 6) is -0.00804. The molecule has 0 radical (unpaired) electrons. The van der Waals surface area contributed by atoms with Crippen LogP contribution in [0.1, 0.15) is 24.9 Å². The standard InChI is InChI=1S/C15H20F2N2.ClH/c1-10(11-2-3-14(16)15(17)6-11)19-5-4-12-7-18-8-13(12)9-19;/h2-3,6,10,12-13,18H,4-5,7-9H2,1H3;1H. The molecule has 3 unspecified atom stereocenters. The number of likely N-dealkylation sites (tertiary alicyclic amines) is 1. The van der Waals surface area contributed by atoms with Gasteiger partial charge in [-0.1, -0.05) is 6.07 Å². The minimum atomic E-state index is -0.769. The molecule has 2 fully saturated rings. The third kappa shape index (κ3) is 2.97. The Hall–Kier alpha value is -0.710. The van der Waals surface area contributed by atoms with Crippen LogP contribution < -0.4 is 5.32 Å². The van der Waals surface area contributed by atoms with Gasteiger partial charge in [-0.15, -0.1) is 12.4 Å². The van der Waals surface area contributed by atoms with Crippen LogP contribution in [-0.4, -0.2) is 31.1 Å². The number of benzene rings is 1. The Labute approximate surface area is 124 Å². The summed E-state index contributed by atoms with van der Waals surface area (Å²) in [6.07, 6.45) is 1.20. The van der Waals surface area contributed by atoms with Gasteiger partial charge in [0.15, 0.2) is 11.6 Å². The Balaban J connectivity index is 0.00000147. The molecule has 0 bridgehead atoms. The number of fused-ring (bicyclic) bond motifs is 1. The van der Waals surface area contributed by atoms with Crippen LogP contribution in [0.2, 0.25) is 0 Å². The number of piperidine rings is 1. The molecule has 3 atom stereocenters. The minimum absolute atomic E-state index is 0. The van der Waals surface area contributed by atoms with Crippen molar-refractivity contribution in [2.45, 2.75) is 19.4 Å². The lowest BCUT2D eigenvalue weighted by molar-refractivity contribution is 0.111. The van der Waals surface area contributed by atoms with Crippen molar-refractivity contribution in [2.24, 2.45) is 11.8 Å². The Morgan fingerprint density at radius 1 is 1.20 bits per heavy atom. The summed E-state index contributed by atoms with van der Waals surface area (Å²) in [4.78, 5) is 2.39. The summed E-state index contributed by atoms with van der Waals surface area (Å²) < 4.78 is 26.3. The summed E-state index contributed by atoms with van der Waals surface area (Å²) in [5.41, 5.74) is 0.864. The molecular formula is C15H21ClF2N2. The first kappa shape index (κ1) is 15.7. The van der Waals surface area contributed by atoms with Crippen LogP contribution in [0, 0.1) is 23.5 Å². The number of nitrogens with zero attached hydrogens (tertiary/aromatic N) is 1. The van der Waals surface area contributed by atoms with E-state index in [-0.39, 0.29) is 18.4 Å². The van der Waals surface area contributed by atoms with E-state index in [2.05, 4.69) is 17.1 Å². The highest BCUT2D eigenvalue weighted by Crippen LogP contribution is 2.32. The number of hydrogen-bond donors (Lipinski definition) is 1. The van der Waals surface area contributed by atoms with Crippen molar-refractivity contribution < 1.29 is 8.78 Å². The second-order valence-corrected chi connectivity index (χ2v) is 5.81. The second kappa shape index (κ2) is 6.37. The highest BCUT2D eigenvalue weighted by atomic mass is 35.5. The SMILES string of the molecule is CC(c1ccc(F)c(F)c1)N1CCC2CNCC2C1.Cl. The van der Waals surface area contributed by atoms with Gasteiger partial charge in [-0.05, 0) is 62.5 Å². The van der Waals surface area contributed by atoms with Crippen molar-refractivity contribution >= 4 is 12.4 Å².